The van der Waals surface area contributed by atoms with Gasteiger partial charge < -0.3 is 9.84 Å². The Morgan fingerprint density at radius 3 is 2.31 bits per heavy atom. The normalized spacial score (nSPS) is 12.9. The van der Waals surface area contributed by atoms with Crippen molar-refractivity contribution < 1.29 is 14.6 Å². The van der Waals surface area contributed by atoms with Crippen molar-refractivity contribution in [3.8, 4) is 5.75 Å². The van der Waals surface area contributed by atoms with Gasteiger partial charge in [0.05, 0.1) is 5.95 Å². The van der Waals surface area contributed by atoms with Crippen molar-refractivity contribution in [3.63, 3.8) is 0 Å². The molecule has 80 valence electrons. The van der Waals surface area contributed by atoms with Gasteiger partial charge in [-0.05, 0) is 17.7 Å². The molecule has 1 aliphatic carbocycles. The van der Waals surface area contributed by atoms with Crippen LogP contribution in [0.3, 0.4) is 0 Å². The van der Waals surface area contributed by atoms with E-state index in [9.17, 15) is 9.90 Å². The van der Waals surface area contributed by atoms with Crippen molar-refractivity contribution in [1.29, 1.82) is 0 Å². The molecular formula is C13H9O3-. The monoisotopic (exact) mass is 213 g/mol. The third-order valence-electron chi connectivity index (χ3n) is 2.13. The number of ether oxygens (including phenoxy) is 1. The highest BCUT2D eigenvalue weighted by atomic mass is 16.6. The quantitative estimate of drug-likeness (QED) is 0.565. The molecule has 1 aromatic carbocycles. The molecule has 0 aromatic heterocycles. The number of carbonyl (C=O) groups is 1. The van der Waals surface area contributed by atoms with Gasteiger partial charge in [-0.15, -0.1) is 0 Å². The topological polar surface area (TPSA) is 49.4 Å². The summed E-state index contributed by atoms with van der Waals surface area (Å²) in [5, 5.41) is 11.5. The summed E-state index contributed by atoms with van der Waals surface area (Å²) in [6.07, 6.45) is 7.64. The Bertz CT molecular complexity index is 464. The summed E-state index contributed by atoms with van der Waals surface area (Å²) in [5.41, 5.74) is 1.06. The van der Waals surface area contributed by atoms with Crippen LogP contribution in [0.1, 0.15) is 10.4 Å². The van der Waals surface area contributed by atoms with Crippen LogP contribution in [0.4, 0.5) is 0 Å². The molecule has 0 unspecified atom stereocenters. The van der Waals surface area contributed by atoms with Gasteiger partial charge in [-0.25, -0.2) is 0 Å². The van der Waals surface area contributed by atoms with Crippen molar-refractivity contribution >= 4 is 6.29 Å². The molecule has 0 atom stereocenters. The largest absolute Gasteiger partial charge is 0.579 e. The summed E-state index contributed by atoms with van der Waals surface area (Å²) < 4.78 is 5.10. The van der Waals surface area contributed by atoms with E-state index in [1.165, 1.54) is 0 Å². The van der Waals surface area contributed by atoms with Gasteiger partial charge in [0.1, 0.15) is 6.29 Å². The van der Waals surface area contributed by atoms with Crippen molar-refractivity contribution in [1.82, 2.24) is 0 Å². The number of hydrogen-bond donors (Lipinski definition) is 0. The maximum Gasteiger partial charge on any atom is 0.150 e. The molecule has 3 nitrogen and oxygen atoms in total. The third-order valence-corrected chi connectivity index (χ3v) is 2.13. The lowest BCUT2D eigenvalue weighted by Gasteiger charge is -2.17. The summed E-state index contributed by atoms with van der Waals surface area (Å²) in [4.78, 5) is 10.4. The highest BCUT2D eigenvalue weighted by molar-refractivity contribution is 5.74. The molecule has 0 fully saturated rings. The number of hydrogen-bond acceptors (Lipinski definition) is 3. The average molecular weight is 213 g/mol. The van der Waals surface area contributed by atoms with Gasteiger partial charge in [-0.3, -0.25) is 4.79 Å². The summed E-state index contributed by atoms with van der Waals surface area (Å²) in [5.74, 6) is 0.0284. The third kappa shape index (κ3) is 2.20. The van der Waals surface area contributed by atoms with E-state index in [2.05, 4.69) is 0 Å². The zero-order valence-electron chi connectivity index (χ0n) is 8.42. The minimum absolute atomic E-state index is 0.399. The first-order valence-corrected chi connectivity index (χ1v) is 4.79. The van der Waals surface area contributed by atoms with Gasteiger partial charge >= 0.3 is 0 Å². The Kier molecular flexibility index (Phi) is 2.87. The van der Waals surface area contributed by atoms with Crippen molar-refractivity contribution in [2.45, 2.75) is 0 Å². The van der Waals surface area contributed by atoms with Crippen LogP contribution >= 0.6 is 0 Å². The SMILES string of the molecule is O=Cc1ccc(OC([O-])=C2C=CC=C2)cc1. The van der Waals surface area contributed by atoms with Crippen molar-refractivity contribution in [2.75, 3.05) is 0 Å². The summed E-state index contributed by atoms with van der Waals surface area (Å²) in [6.45, 7) is 0. The Hall–Kier alpha value is -2.29. The fourth-order valence-corrected chi connectivity index (χ4v) is 1.29. The number of allylic oxidation sites excluding steroid dienone is 5. The standard InChI is InChI=1S/C13H10O3/c14-9-10-5-7-12(8-6-10)16-13(15)11-3-1-2-4-11/h1-9,15H/p-1. The lowest BCUT2D eigenvalue weighted by molar-refractivity contribution is -0.343. The molecule has 0 saturated heterocycles. The van der Waals surface area contributed by atoms with E-state index in [0.29, 0.717) is 16.9 Å². The molecule has 16 heavy (non-hydrogen) atoms. The molecular weight excluding hydrogens is 204 g/mol. The van der Waals surface area contributed by atoms with E-state index in [1.807, 2.05) is 0 Å². The Morgan fingerprint density at radius 1 is 1.12 bits per heavy atom. The smallest absolute Gasteiger partial charge is 0.150 e. The van der Waals surface area contributed by atoms with Gasteiger partial charge in [0.15, 0.2) is 0 Å². The molecule has 2 rings (SSSR count). The maximum absolute atomic E-state index is 11.5. The molecule has 0 N–H and O–H groups in total. The van der Waals surface area contributed by atoms with Crippen LogP contribution < -0.4 is 9.84 Å². The van der Waals surface area contributed by atoms with Crippen LogP contribution in [0.15, 0.2) is 60.1 Å². The van der Waals surface area contributed by atoms with Crippen LogP contribution in [0, 0.1) is 0 Å². The highest BCUT2D eigenvalue weighted by Gasteiger charge is 1.96. The lowest BCUT2D eigenvalue weighted by Crippen LogP contribution is -2.12. The molecule has 0 spiro atoms. The summed E-state index contributed by atoms with van der Waals surface area (Å²) in [7, 11) is 0. The fourth-order valence-electron chi connectivity index (χ4n) is 1.29. The number of rotatable bonds is 3. The van der Waals surface area contributed by atoms with Gasteiger partial charge in [0.25, 0.3) is 0 Å². The van der Waals surface area contributed by atoms with Crippen molar-refractivity contribution in [2.24, 2.45) is 0 Å². The molecule has 0 saturated carbocycles. The van der Waals surface area contributed by atoms with Gasteiger partial charge in [-0.2, -0.15) is 0 Å². The zero-order valence-corrected chi connectivity index (χ0v) is 8.42. The second-order valence-electron chi connectivity index (χ2n) is 3.25. The van der Waals surface area contributed by atoms with Crippen LogP contribution in [0.2, 0.25) is 0 Å². The molecule has 1 aromatic rings. The molecule has 3 heteroatoms. The minimum Gasteiger partial charge on any atom is -0.579 e. The number of aldehydes is 1. The molecule has 0 heterocycles. The summed E-state index contributed by atoms with van der Waals surface area (Å²) >= 11 is 0. The van der Waals surface area contributed by atoms with Gasteiger partial charge in [-0.1, -0.05) is 36.4 Å². The Morgan fingerprint density at radius 2 is 1.75 bits per heavy atom. The van der Waals surface area contributed by atoms with Crippen LogP contribution in [-0.4, -0.2) is 6.29 Å². The van der Waals surface area contributed by atoms with Crippen LogP contribution in [0.5, 0.6) is 5.75 Å². The van der Waals surface area contributed by atoms with Gasteiger partial charge in [0, 0.05) is 11.3 Å². The predicted molar refractivity (Wildman–Crippen MR) is 57.8 cm³/mol. The molecule has 1 aliphatic rings. The van der Waals surface area contributed by atoms with E-state index in [4.69, 9.17) is 4.74 Å². The van der Waals surface area contributed by atoms with E-state index >= 15 is 0 Å². The first-order chi connectivity index (χ1) is 7.79. The van der Waals surface area contributed by atoms with Gasteiger partial charge in [0.2, 0.25) is 0 Å². The highest BCUT2D eigenvalue weighted by Crippen LogP contribution is 2.16. The van der Waals surface area contributed by atoms with E-state index in [0.717, 1.165) is 6.29 Å². The maximum atomic E-state index is 11.5. The first-order valence-electron chi connectivity index (χ1n) is 4.79. The van der Waals surface area contributed by atoms with Crippen molar-refractivity contribution in [3.05, 3.63) is 65.7 Å². The molecule has 0 aliphatic heterocycles. The number of benzene rings is 1. The molecule has 0 bridgehead atoms. The van der Waals surface area contributed by atoms with E-state index in [-0.39, 0.29) is 0 Å². The van der Waals surface area contributed by atoms with E-state index < -0.39 is 5.95 Å². The number of carbonyl (C=O) groups excluding carboxylic acids is 1. The average Bonchev–Trinajstić information content (AvgIpc) is 2.83. The fraction of sp³-hybridized carbons (Fsp3) is 0. The molecule has 0 radical (unpaired) electrons. The lowest BCUT2D eigenvalue weighted by atomic mass is 10.2. The molecule has 0 amide bonds. The second kappa shape index (κ2) is 4.49. The Balaban J connectivity index is 2.15. The zero-order chi connectivity index (χ0) is 11.4. The predicted octanol–water partition coefficient (Wildman–Crippen LogP) is 1.58. The first kappa shape index (κ1) is 10.2. The minimum atomic E-state index is -0.399. The summed E-state index contributed by atoms with van der Waals surface area (Å²) in [6, 6.07) is 6.37. The second-order valence-corrected chi connectivity index (χ2v) is 3.25. The van der Waals surface area contributed by atoms with Crippen LogP contribution in [-0.2, 0) is 0 Å². The van der Waals surface area contributed by atoms with E-state index in [1.54, 1.807) is 48.6 Å². The Labute approximate surface area is 93.0 Å². The van der Waals surface area contributed by atoms with Crippen LogP contribution in [0.25, 0.3) is 0 Å².